The zero-order chi connectivity index (χ0) is 19.4. The smallest absolute Gasteiger partial charge is 0.224 e. The molecule has 0 amide bonds. The van der Waals surface area contributed by atoms with E-state index in [4.69, 9.17) is 4.74 Å². The number of nitrogens with zero attached hydrogens (tertiary/aromatic N) is 4. The van der Waals surface area contributed by atoms with Gasteiger partial charge in [0.25, 0.3) is 0 Å². The van der Waals surface area contributed by atoms with E-state index in [1.165, 1.54) is 6.20 Å². The van der Waals surface area contributed by atoms with Crippen LogP contribution in [0, 0.1) is 16.7 Å². The van der Waals surface area contributed by atoms with E-state index in [1.54, 1.807) is 13.2 Å². The first kappa shape index (κ1) is 18.9. The zero-order valence-electron chi connectivity index (χ0n) is 15.7. The van der Waals surface area contributed by atoms with Crippen LogP contribution in [0.15, 0.2) is 24.4 Å². The van der Waals surface area contributed by atoms with Crippen molar-refractivity contribution < 1.29 is 11.3 Å². The van der Waals surface area contributed by atoms with Crippen molar-refractivity contribution in [2.75, 3.05) is 24.3 Å². The molecule has 0 unspecified atom stereocenters. The molecule has 2 atom stereocenters. The van der Waals surface area contributed by atoms with Gasteiger partial charge in [-0.3, -0.25) is 0 Å². The lowest BCUT2D eigenvalue weighted by molar-refractivity contribution is -0.0511. The molecule has 1 fully saturated rings. The maximum absolute atomic E-state index is 9.90. The second kappa shape index (κ2) is 7.76. The average molecular weight is 370 g/mol. The first-order chi connectivity index (χ1) is 12.9. The van der Waals surface area contributed by atoms with Gasteiger partial charge in [0.1, 0.15) is 17.5 Å². The minimum absolute atomic E-state index is 0. The maximum Gasteiger partial charge on any atom is 0.224 e. The van der Waals surface area contributed by atoms with Gasteiger partial charge in [0.15, 0.2) is 0 Å². The number of aliphatic hydroxyl groups excluding tert-OH is 1. The molecule has 8 nitrogen and oxygen atoms in total. The molecule has 1 aliphatic carbocycles. The molecular weight excluding hydrogens is 344 g/mol. The molecule has 0 bridgehead atoms. The summed E-state index contributed by atoms with van der Waals surface area (Å²) in [6.45, 7) is 4.58. The maximum atomic E-state index is 9.90. The van der Waals surface area contributed by atoms with Crippen LogP contribution in [0.25, 0.3) is 0 Å². The number of nitrogens with one attached hydrogen (secondary N) is 2. The van der Waals surface area contributed by atoms with Crippen molar-refractivity contribution in [2.45, 2.75) is 38.8 Å². The van der Waals surface area contributed by atoms with Gasteiger partial charge in [0.2, 0.25) is 11.8 Å². The molecule has 8 heteroatoms. The largest absolute Gasteiger partial charge is 0.481 e. The van der Waals surface area contributed by atoms with Gasteiger partial charge >= 0.3 is 0 Å². The third kappa shape index (κ3) is 4.09. The van der Waals surface area contributed by atoms with Crippen LogP contribution in [-0.4, -0.2) is 45.9 Å². The fraction of sp³-hybridized carbons (Fsp3) is 0.474. The summed E-state index contributed by atoms with van der Waals surface area (Å²) in [6.07, 6.45) is 2.47. The van der Waals surface area contributed by atoms with E-state index < -0.39 is 0 Å². The Kier molecular flexibility index (Phi) is 5.42. The molecule has 3 rings (SSSR count). The lowest BCUT2D eigenvalue weighted by Crippen LogP contribution is -2.57. The van der Waals surface area contributed by atoms with Crippen molar-refractivity contribution in [1.82, 2.24) is 15.0 Å². The van der Waals surface area contributed by atoms with Crippen LogP contribution >= 0.6 is 0 Å². The number of hydrogen-bond donors (Lipinski definition) is 3. The fourth-order valence-electron chi connectivity index (χ4n) is 2.98. The second-order valence-corrected chi connectivity index (χ2v) is 7.19. The molecule has 27 heavy (non-hydrogen) atoms. The Bertz CT molecular complexity index is 855. The van der Waals surface area contributed by atoms with Gasteiger partial charge in [-0.25, -0.2) is 9.97 Å². The molecular formula is C19H26N6O2. The quantitative estimate of drug-likeness (QED) is 0.679. The van der Waals surface area contributed by atoms with Crippen LogP contribution in [0.5, 0.6) is 5.88 Å². The molecule has 0 spiro atoms. The van der Waals surface area contributed by atoms with Crippen molar-refractivity contribution in [1.29, 1.82) is 5.26 Å². The summed E-state index contributed by atoms with van der Waals surface area (Å²) in [6, 6.07) is 7.80. The van der Waals surface area contributed by atoms with Crippen molar-refractivity contribution in [3.8, 4) is 11.9 Å². The number of aliphatic hydroxyl groups is 1. The first-order valence-electron chi connectivity index (χ1n) is 8.89. The summed E-state index contributed by atoms with van der Waals surface area (Å²) in [5, 5.41) is 25.7. The standard InChI is InChI=1S/C19H24N6O2.H2/c1-19(2)14(9-15(19)26)24-17-12(10-20)11-22-18(25-17)21-8-7-13-5-4-6-16(23-13)27-3;/h4-6,11,14-15,26H,7-9H2,1-3H3,(H2,21,22,24,25);1H/t14-,15+;/m1./s1. The SMILES string of the molecule is COc1cccc(CCNc2ncc(C#N)c(N[C@@H]3C[C@H](O)C3(C)C)n2)n1.[HH]. The molecule has 0 radical (unpaired) electrons. The van der Waals surface area contributed by atoms with E-state index in [0.717, 1.165) is 5.69 Å². The van der Waals surface area contributed by atoms with Crippen LogP contribution in [0.3, 0.4) is 0 Å². The number of aromatic nitrogens is 3. The van der Waals surface area contributed by atoms with E-state index in [0.29, 0.717) is 42.6 Å². The van der Waals surface area contributed by atoms with Crippen LogP contribution in [0.2, 0.25) is 0 Å². The van der Waals surface area contributed by atoms with E-state index >= 15 is 0 Å². The topological polar surface area (TPSA) is 116 Å². The van der Waals surface area contributed by atoms with Gasteiger partial charge in [-0.1, -0.05) is 19.9 Å². The van der Waals surface area contributed by atoms with Crippen molar-refractivity contribution in [3.63, 3.8) is 0 Å². The van der Waals surface area contributed by atoms with Crippen LogP contribution < -0.4 is 15.4 Å². The normalized spacial score (nSPS) is 20.3. The van der Waals surface area contributed by atoms with Crippen LogP contribution in [0.4, 0.5) is 11.8 Å². The Labute approximate surface area is 160 Å². The molecule has 2 aromatic heterocycles. The van der Waals surface area contributed by atoms with E-state index in [2.05, 4.69) is 31.7 Å². The highest BCUT2D eigenvalue weighted by Crippen LogP contribution is 2.42. The number of methoxy groups -OCH3 is 1. The molecule has 0 aliphatic heterocycles. The predicted molar refractivity (Wildman–Crippen MR) is 104 cm³/mol. The summed E-state index contributed by atoms with van der Waals surface area (Å²) in [5.74, 6) is 1.51. The fourth-order valence-corrected chi connectivity index (χ4v) is 2.98. The minimum atomic E-state index is -0.352. The van der Waals surface area contributed by atoms with Gasteiger partial charge in [0.05, 0.1) is 19.4 Å². The number of anilines is 2. The summed E-state index contributed by atoms with van der Waals surface area (Å²) < 4.78 is 5.13. The summed E-state index contributed by atoms with van der Waals surface area (Å²) in [5.41, 5.74) is 1.02. The summed E-state index contributed by atoms with van der Waals surface area (Å²) >= 11 is 0. The van der Waals surface area contributed by atoms with Gasteiger partial charge in [0, 0.05) is 37.6 Å². The second-order valence-electron chi connectivity index (χ2n) is 7.19. The minimum Gasteiger partial charge on any atom is -0.481 e. The lowest BCUT2D eigenvalue weighted by Gasteiger charge is -2.49. The highest BCUT2D eigenvalue weighted by Gasteiger charge is 2.47. The number of ether oxygens (including phenoxy) is 1. The Morgan fingerprint density at radius 3 is 2.89 bits per heavy atom. The molecule has 1 saturated carbocycles. The number of nitriles is 1. The summed E-state index contributed by atoms with van der Waals surface area (Å²) in [7, 11) is 1.59. The molecule has 144 valence electrons. The number of rotatable bonds is 7. The average Bonchev–Trinajstić information content (AvgIpc) is 2.68. The van der Waals surface area contributed by atoms with E-state index in [-0.39, 0.29) is 19.0 Å². The van der Waals surface area contributed by atoms with E-state index in [1.807, 2.05) is 26.0 Å². The zero-order valence-corrected chi connectivity index (χ0v) is 15.7. The van der Waals surface area contributed by atoms with Gasteiger partial charge < -0.3 is 20.5 Å². The monoisotopic (exact) mass is 370 g/mol. The van der Waals surface area contributed by atoms with Crippen molar-refractivity contribution >= 4 is 11.8 Å². The molecule has 0 saturated heterocycles. The molecule has 2 aromatic rings. The Hall–Kier alpha value is -2.92. The molecule has 0 aromatic carbocycles. The van der Waals surface area contributed by atoms with Crippen molar-refractivity contribution in [2.24, 2.45) is 5.41 Å². The van der Waals surface area contributed by atoms with Gasteiger partial charge in [-0.05, 0) is 12.5 Å². The Balaban J connectivity index is 0.00000280. The highest BCUT2D eigenvalue weighted by molar-refractivity contribution is 5.54. The van der Waals surface area contributed by atoms with Crippen LogP contribution in [-0.2, 0) is 6.42 Å². The number of pyridine rings is 1. The van der Waals surface area contributed by atoms with Gasteiger partial charge in [-0.15, -0.1) is 0 Å². The van der Waals surface area contributed by atoms with E-state index in [9.17, 15) is 10.4 Å². The first-order valence-corrected chi connectivity index (χ1v) is 8.89. The Morgan fingerprint density at radius 1 is 1.41 bits per heavy atom. The molecule has 1 aliphatic rings. The van der Waals surface area contributed by atoms with Crippen LogP contribution in [0.1, 0.15) is 33.0 Å². The van der Waals surface area contributed by atoms with Crippen molar-refractivity contribution in [3.05, 3.63) is 35.7 Å². The number of hydrogen-bond acceptors (Lipinski definition) is 8. The molecule has 2 heterocycles. The Morgan fingerprint density at radius 2 is 2.22 bits per heavy atom. The highest BCUT2D eigenvalue weighted by atomic mass is 16.5. The third-order valence-corrected chi connectivity index (χ3v) is 5.09. The lowest BCUT2D eigenvalue weighted by atomic mass is 9.64. The third-order valence-electron chi connectivity index (χ3n) is 5.09. The molecule has 3 N–H and O–H groups in total. The summed E-state index contributed by atoms with van der Waals surface area (Å²) in [4.78, 5) is 13.0. The van der Waals surface area contributed by atoms with Gasteiger partial charge in [-0.2, -0.15) is 10.2 Å². The predicted octanol–water partition coefficient (Wildman–Crippen LogP) is 2.22.